The third-order valence-electron chi connectivity index (χ3n) is 3.42. The van der Waals surface area contributed by atoms with Gasteiger partial charge >= 0.3 is 0 Å². The molecule has 1 amide bonds. The van der Waals surface area contributed by atoms with E-state index in [1.165, 1.54) is 5.56 Å². The molecule has 3 atom stereocenters. The van der Waals surface area contributed by atoms with Gasteiger partial charge < -0.3 is 16.2 Å². The van der Waals surface area contributed by atoms with E-state index in [0.29, 0.717) is 12.3 Å². The average Bonchev–Trinajstić information content (AvgIpc) is 2.38. The molecule has 0 aliphatic carbocycles. The lowest BCUT2D eigenvalue weighted by atomic mass is 9.98. The summed E-state index contributed by atoms with van der Waals surface area (Å²) in [5.41, 5.74) is 7.07. The molecule has 0 aliphatic rings. The van der Waals surface area contributed by atoms with Gasteiger partial charge in [-0.25, -0.2) is 0 Å². The van der Waals surface area contributed by atoms with Gasteiger partial charge in [0.1, 0.15) is 0 Å². The van der Waals surface area contributed by atoms with Gasteiger partial charge in [0.2, 0.25) is 5.91 Å². The Balaban J connectivity index is 2.35. The molecule has 4 heteroatoms. The first-order chi connectivity index (χ1) is 9.88. The van der Waals surface area contributed by atoms with Crippen molar-refractivity contribution in [2.75, 3.05) is 0 Å². The third-order valence-corrected chi connectivity index (χ3v) is 3.42. The normalized spacial score (nSPS) is 15.5. The van der Waals surface area contributed by atoms with Crippen LogP contribution in [-0.2, 0) is 11.2 Å². The van der Waals surface area contributed by atoms with Crippen LogP contribution in [0.4, 0.5) is 0 Å². The fraction of sp³-hybridized carbons (Fsp3) is 0.588. The molecular weight excluding hydrogens is 264 g/mol. The second-order valence-corrected chi connectivity index (χ2v) is 6.22. The molecular formula is C17H28N2O2. The maximum absolute atomic E-state index is 11.9. The number of hydrogen-bond acceptors (Lipinski definition) is 3. The van der Waals surface area contributed by atoms with Gasteiger partial charge in [0.25, 0.3) is 0 Å². The number of nitrogens with two attached hydrogens (primary N) is 1. The number of aliphatic hydroxyl groups is 1. The first kappa shape index (κ1) is 17.7. The van der Waals surface area contributed by atoms with E-state index < -0.39 is 6.10 Å². The molecule has 118 valence electrons. The predicted octanol–water partition coefficient (Wildman–Crippen LogP) is 1.86. The predicted molar refractivity (Wildman–Crippen MR) is 85.8 cm³/mol. The van der Waals surface area contributed by atoms with Crippen LogP contribution in [-0.4, -0.2) is 29.2 Å². The Morgan fingerprint density at radius 2 is 1.86 bits per heavy atom. The van der Waals surface area contributed by atoms with Gasteiger partial charge in [-0.2, -0.15) is 0 Å². The highest BCUT2D eigenvalue weighted by molar-refractivity contribution is 5.76. The van der Waals surface area contributed by atoms with Crippen molar-refractivity contribution in [2.24, 2.45) is 11.7 Å². The van der Waals surface area contributed by atoms with Gasteiger partial charge in [-0.05, 0) is 31.2 Å². The molecule has 0 aliphatic heterocycles. The van der Waals surface area contributed by atoms with Crippen molar-refractivity contribution in [3.63, 3.8) is 0 Å². The third kappa shape index (κ3) is 7.25. The lowest BCUT2D eigenvalue weighted by molar-refractivity contribution is -0.123. The standard InChI is InChI=1S/C17H28N2O2/c1-12(2)9-15(18)16(20)11-17(21)19-13(3)10-14-7-5-4-6-8-14/h4-8,12-13,15-16,20H,9-11,18H2,1-3H3,(H,19,21)/t13?,15-,16-/m0/s1. The van der Waals surface area contributed by atoms with Crippen molar-refractivity contribution in [3.05, 3.63) is 35.9 Å². The SMILES string of the molecule is CC(C)C[C@H](N)[C@@H](O)CC(=O)NC(C)Cc1ccccc1. The molecule has 1 aromatic rings. The summed E-state index contributed by atoms with van der Waals surface area (Å²) in [6, 6.07) is 9.70. The molecule has 4 nitrogen and oxygen atoms in total. The summed E-state index contributed by atoms with van der Waals surface area (Å²) in [7, 11) is 0. The van der Waals surface area contributed by atoms with Gasteiger partial charge in [-0.1, -0.05) is 44.2 Å². The molecule has 21 heavy (non-hydrogen) atoms. The Kier molecular flexibility index (Phi) is 7.40. The largest absolute Gasteiger partial charge is 0.391 e. The molecule has 1 unspecified atom stereocenters. The number of amides is 1. The second kappa shape index (κ2) is 8.80. The molecule has 0 radical (unpaired) electrons. The molecule has 0 fully saturated rings. The van der Waals surface area contributed by atoms with E-state index in [1.807, 2.05) is 37.3 Å². The van der Waals surface area contributed by atoms with E-state index >= 15 is 0 Å². The molecule has 0 bridgehead atoms. The molecule has 1 rings (SSSR count). The summed E-state index contributed by atoms with van der Waals surface area (Å²) in [5, 5.41) is 12.9. The number of carbonyl (C=O) groups is 1. The molecule has 0 spiro atoms. The summed E-state index contributed by atoms with van der Waals surface area (Å²) in [6.07, 6.45) is 0.776. The van der Waals surface area contributed by atoms with Gasteiger partial charge in [0.15, 0.2) is 0 Å². The van der Waals surface area contributed by atoms with Crippen LogP contribution in [0.5, 0.6) is 0 Å². The van der Waals surface area contributed by atoms with Crippen molar-refractivity contribution in [2.45, 2.75) is 58.2 Å². The van der Waals surface area contributed by atoms with E-state index in [0.717, 1.165) is 6.42 Å². The van der Waals surface area contributed by atoms with Crippen LogP contribution in [0.1, 0.15) is 39.2 Å². The Labute approximate surface area is 127 Å². The first-order valence-corrected chi connectivity index (χ1v) is 7.65. The fourth-order valence-corrected chi connectivity index (χ4v) is 2.40. The number of rotatable bonds is 8. The van der Waals surface area contributed by atoms with E-state index in [9.17, 15) is 9.90 Å². The fourth-order valence-electron chi connectivity index (χ4n) is 2.40. The van der Waals surface area contributed by atoms with Crippen LogP contribution in [0.25, 0.3) is 0 Å². The van der Waals surface area contributed by atoms with Crippen LogP contribution in [0.3, 0.4) is 0 Å². The Bertz CT molecular complexity index is 420. The number of carbonyl (C=O) groups excluding carboxylic acids is 1. The Morgan fingerprint density at radius 1 is 1.24 bits per heavy atom. The van der Waals surface area contributed by atoms with Crippen molar-refractivity contribution < 1.29 is 9.90 Å². The molecule has 0 aromatic heterocycles. The molecule has 0 saturated carbocycles. The second-order valence-electron chi connectivity index (χ2n) is 6.22. The van der Waals surface area contributed by atoms with Crippen molar-refractivity contribution in [1.29, 1.82) is 0 Å². The number of benzene rings is 1. The summed E-state index contributed by atoms with van der Waals surface area (Å²) in [5.74, 6) is 0.264. The van der Waals surface area contributed by atoms with Crippen molar-refractivity contribution >= 4 is 5.91 Å². The highest BCUT2D eigenvalue weighted by Gasteiger charge is 2.20. The van der Waals surface area contributed by atoms with Crippen molar-refractivity contribution in [1.82, 2.24) is 5.32 Å². The van der Waals surface area contributed by atoms with Gasteiger partial charge in [0.05, 0.1) is 12.5 Å². The van der Waals surface area contributed by atoms with Crippen LogP contribution in [0.15, 0.2) is 30.3 Å². The minimum atomic E-state index is -0.781. The smallest absolute Gasteiger partial charge is 0.222 e. The quantitative estimate of drug-likeness (QED) is 0.684. The first-order valence-electron chi connectivity index (χ1n) is 7.65. The molecule has 0 heterocycles. The maximum Gasteiger partial charge on any atom is 0.222 e. The monoisotopic (exact) mass is 292 g/mol. The minimum absolute atomic E-state index is 0.0356. The lowest BCUT2D eigenvalue weighted by Gasteiger charge is -2.21. The highest BCUT2D eigenvalue weighted by atomic mass is 16.3. The van der Waals surface area contributed by atoms with E-state index in [-0.39, 0.29) is 24.4 Å². The zero-order chi connectivity index (χ0) is 15.8. The van der Waals surface area contributed by atoms with Crippen LogP contribution in [0, 0.1) is 5.92 Å². The number of hydrogen-bond donors (Lipinski definition) is 3. The van der Waals surface area contributed by atoms with Gasteiger partial charge in [-0.15, -0.1) is 0 Å². The number of aliphatic hydroxyl groups excluding tert-OH is 1. The van der Waals surface area contributed by atoms with Gasteiger partial charge in [-0.3, -0.25) is 4.79 Å². The Morgan fingerprint density at radius 3 is 2.43 bits per heavy atom. The average molecular weight is 292 g/mol. The summed E-state index contributed by atoms with van der Waals surface area (Å²) in [4.78, 5) is 11.9. The maximum atomic E-state index is 11.9. The van der Waals surface area contributed by atoms with E-state index in [1.54, 1.807) is 0 Å². The van der Waals surface area contributed by atoms with Crippen LogP contribution < -0.4 is 11.1 Å². The number of nitrogens with one attached hydrogen (secondary N) is 1. The minimum Gasteiger partial charge on any atom is -0.391 e. The van der Waals surface area contributed by atoms with Gasteiger partial charge in [0, 0.05) is 12.1 Å². The lowest BCUT2D eigenvalue weighted by Crippen LogP contribution is -2.42. The zero-order valence-electron chi connectivity index (χ0n) is 13.3. The van der Waals surface area contributed by atoms with Crippen LogP contribution in [0.2, 0.25) is 0 Å². The molecule has 4 N–H and O–H groups in total. The summed E-state index contributed by atoms with van der Waals surface area (Å²) < 4.78 is 0. The topological polar surface area (TPSA) is 75.3 Å². The summed E-state index contributed by atoms with van der Waals surface area (Å²) >= 11 is 0. The summed E-state index contributed by atoms with van der Waals surface area (Å²) in [6.45, 7) is 6.06. The molecule has 1 aromatic carbocycles. The zero-order valence-corrected chi connectivity index (χ0v) is 13.3. The van der Waals surface area contributed by atoms with Crippen molar-refractivity contribution in [3.8, 4) is 0 Å². The molecule has 0 saturated heterocycles. The van der Waals surface area contributed by atoms with E-state index in [4.69, 9.17) is 5.73 Å². The van der Waals surface area contributed by atoms with E-state index in [2.05, 4.69) is 19.2 Å². The van der Waals surface area contributed by atoms with Crippen LogP contribution >= 0.6 is 0 Å². The highest BCUT2D eigenvalue weighted by Crippen LogP contribution is 2.09. The Hall–Kier alpha value is -1.39.